The Kier molecular flexibility index (Phi) is 39.5. The lowest BCUT2D eigenvalue weighted by atomic mass is 10.1. The minimum atomic E-state index is -0.782. The van der Waals surface area contributed by atoms with Crippen LogP contribution < -0.4 is 0 Å². The molecule has 1 unspecified atom stereocenters. The van der Waals surface area contributed by atoms with Gasteiger partial charge in [0, 0.05) is 12.8 Å². The third kappa shape index (κ3) is 38.7. The van der Waals surface area contributed by atoms with Crippen LogP contribution >= 0.6 is 0 Å². The summed E-state index contributed by atoms with van der Waals surface area (Å²) in [6.45, 7) is 4.09. The zero-order valence-corrected chi connectivity index (χ0v) is 32.9. The van der Waals surface area contributed by atoms with Gasteiger partial charge in [0.2, 0.25) is 0 Å². The van der Waals surface area contributed by atoms with Crippen LogP contribution in [0.3, 0.4) is 0 Å². The maximum Gasteiger partial charge on any atom is 0.306 e. The van der Waals surface area contributed by atoms with E-state index in [2.05, 4.69) is 62.5 Å². The van der Waals surface area contributed by atoms with Crippen LogP contribution in [0.1, 0.15) is 206 Å². The molecule has 5 nitrogen and oxygen atoms in total. The van der Waals surface area contributed by atoms with Gasteiger partial charge in [-0.2, -0.15) is 0 Å². The van der Waals surface area contributed by atoms with Crippen molar-refractivity contribution in [2.75, 3.05) is 13.2 Å². The van der Waals surface area contributed by atoms with Gasteiger partial charge in [-0.1, -0.05) is 165 Å². The van der Waals surface area contributed by atoms with E-state index in [1.54, 1.807) is 0 Å². The summed E-state index contributed by atoms with van der Waals surface area (Å²) in [5.41, 5.74) is 0. The Morgan fingerprint density at radius 1 is 0.460 bits per heavy atom. The molecule has 290 valence electrons. The second-order valence-electron chi connectivity index (χ2n) is 14.1. The van der Waals surface area contributed by atoms with Crippen LogP contribution in [0.25, 0.3) is 0 Å². The molecule has 0 spiro atoms. The van der Waals surface area contributed by atoms with Crippen molar-refractivity contribution in [1.29, 1.82) is 0 Å². The summed E-state index contributed by atoms with van der Waals surface area (Å²) in [7, 11) is 0. The highest BCUT2D eigenvalue weighted by Crippen LogP contribution is 2.13. The Labute approximate surface area is 309 Å². The van der Waals surface area contributed by atoms with Crippen LogP contribution in [0.15, 0.2) is 48.6 Å². The van der Waals surface area contributed by atoms with Crippen LogP contribution in [0.4, 0.5) is 0 Å². The minimum absolute atomic E-state index is 0.0783. The molecule has 0 radical (unpaired) electrons. The molecule has 0 bridgehead atoms. The van der Waals surface area contributed by atoms with Crippen molar-refractivity contribution in [2.24, 2.45) is 0 Å². The molecule has 0 amide bonds. The van der Waals surface area contributed by atoms with Gasteiger partial charge in [-0.05, 0) is 77.0 Å². The number of rotatable bonds is 38. The second kappa shape index (κ2) is 41.3. The Bertz CT molecular complexity index is 842. The van der Waals surface area contributed by atoms with Crippen LogP contribution in [0, 0.1) is 0 Å². The fraction of sp³-hybridized carbons (Fsp3) is 0.778. The molecule has 50 heavy (non-hydrogen) atoms. The summed E-state index contributed by atoms with van der Waals surface area (Å²) in [6, 6.07) is 0. The van der Waals surface area contributed by atoms with Crippen molar-refractivity contribution in [3.63, 3.8) is 0 Å². The van der Waals surface area contributed by atoms with E-state index in [0.29, 0.717) is 12.8 Å². The number of aliphatic hydroxyl groups is 1. The van der Waals surface area contributed by atoms with Crippen LogP contribution in [0.2, 0.25) is 0 Å². The zero-order valence-electron chi connectivity index (χ0n) is 32.9. The van der Waals surface area contributed by atoms with Crippen molar-refractivity contribution in [3.05, 3.63) is 48.6 Å². The molecule has 0 aromatic heterocycles. The quantitative estimate of drug-likeness (QED) is 0.0394. The average molecular weight is 701 g/mol. The fourth-order valence-electron chi connectivity index (χ4n) is 5.85. The van der Waals surface area contributed by atoms with Gasteiger partial charge in [0.25, 0.3) is 0 Å². The maximum absolute atomic E-state index is 12.2. The monoisotopic (exact) mass is 701 g/mol. The zero-order chi connectivity index (χ0) is 36.4. The van der Waals surface area contributed by atoms with Gasteiger partial charge in [0.15, 0.2) is 6.10 Å². The molecule has 0 saturated carbocycles. The van der Waals surface area contributed by atoms with E-state index in [1.165, 1.54) is 116 Å². The first-order chi connectivity index (χ1) is 24.6. The standard InChI is InChI=1S/C45H80O5/c1-3-5-7-9-11-13-15-17-19-21-22-24-26-28-30-32-34-36-38-40-45(48)50-43(41-46)42-49-44(47)39-37-35-33-31-29-27-25-23-20-18-16-14-12-10-8-6-4-2/h12,14,17-20,25,27,43,46H,3-11,13,15-16,21-24,26,28-42H2,1-2H3. The molecule has 0 rings (SSSR count). The first-order valence-electron chi connectivity index (χ1n) is 21.2. The summed E-state index contributed by atoms with van der Waals surface area (Å²) in [5.74, 6) is -0.617. The van der Waals surface area contributed by atoms with E-state index in [1.807, 2.05) is 0 Å². The number of esters is 2. The molecular weight excluding hydrogens is 620 g/mol. The molecule has 0 heterocycles. The highest BCUT2D eigenvalue weighted by Gasteiger charge is 2.16. The third-order valence-electron chi connectivity index (χ3n) is 9.10. The summed E-state index contributed by atoms with van der Waals surface area (Å²) in [4.78, 5) is 24.3. The van der Waals surface area contributed by atoms with Crippen LogP contribution in [-0.2, 0) is 19.1 Å². The number of carbonyl (C=O) groups is 2. The molecule has 1 atom stereocenters. The van der Waals surface area contributed by atoms with E-state index in [4.69, 9.17) is 9.47 Å². The fourth-order valence-corrected chi connectivity index (χ4v) is 5.85. The predicted octanol–water partition coefficient (Wildman–Crippen LogP) is 13.4. The average Bonchev–Trinajstić information content (AvgIpc) is 3.12. The second-order valence-corrected chi connectivity index (χ2v) is 14.1. The predicted molar refractivity (Wildman–Crippen MR) is 214 cm³/mol. The number of ether oxygens (including phenoxy) is 2. The SMILES string of the molecule is CCCCCC=CCC=CCC=CCCCCCCC(=O)OCC(CO)OC(=O)CCCCCCCCCCCC=CCCCCCCCC. The van der Waals surface area contributed by atoms with Gasteiger partial charge in [-0.25, -0.2) is 0 Å². The number of hydrogen-bond acceptors (Lipinski definition) is 5. The Morgan fingerprint density at radius 2 is 0.800 bits per heavy atom. The summed E-state index contributed by atoms with van der Waals surface area (Å²) >= 11 is 0. The molecule has 1 N–H and O–H groups in total. The van der Waals surface area contributed by atoms with Crippen molar-refractivity contribution in [2.45, 2.75) is 213 Å². The van der Waals surface area contributed by atoms with E-state index < -0.39 is 6.10 Å². The van der Waals surface area contributed by atoms with Gasteiger partial charge in [-0.15, -0.1) is 0 Å². The van der Waals surface area contributed by atoms with Crippen molar-refractivity contribution >= 4 is 11.9 Å². The highest BCUT2D eigenvalue weighted by molar-refractivity contribution is 5.70. The normalized spacial score (nSPS) is 12.6. The number of allylic oxidation sites excluding steroid dienone is 8. The lowest BCUT2D eigenvalue weighted by molar-refractivity contribution is -0.161. The molecule has 0 aliphatic carbocycles. The molecule has 0 aromatic carbocycles. The molecule has 0 fully saturated rings. The molecular formula is C45H80O5. The summed E-state index contributed by atoms with van der Waals surface area (Å²) < 4.78 is 10.6. The first-order valence-corrected chi connectivity index (χ1v) is 21.2. The van der Waals surface area contributed by atoms with E-state index in [-0.39, 0.29) is 25.2 Å². The van der Waals surface area contributed by atoms with Gasteiger partial charge in [-0.3, -0.25) is 9.59 Å². The van der Waals surface area contributed by atoms with E-state index in [0.717, 1.165) is 64.2 Å². The van der Waals surface area contributed by atoms with E-state index >= 15 is 0 Å². The third-order valence-corrected chi connectivity index (χ3v) is 9.10. The summed E-state index contributed by atoms with van der Waals surface area (Å²) in [5, 5.41) is 9.57. The molecule has 0 aromatic rings. The topological polar surface area (TPSA) is 72.8 Å². The first kappa shape index (κ1) is 47.9. The van der Waals surface area contributed by atoms with Crippen molar-refractivity contribution in [1.82, 2.24) is 0 Å². The highest BCUT2D eigenvalue weighted by atomic mass is 16.6. The van der Waals surface area contributed by atoms with E-state index in [9.17, 15) is 14.7 Å². The number of carbonyl (C=O) groups excluding carboxylic acids is 2. The Balaban J connectivity index is 3.58. The molecule has 0 aliphatic rings. The molecule has 0 aliphatic heterocycles. The summed E-state index contributed by atoms with van der Waals surface area (Å²) in [6.07, 6.45) is 51.7. The maximum atomic E-state index is 12.2. The number of hydrogen-bond donors (Lipinski definition) is 1. The van der Waals surface area contributed by atoms with Gasteiger partial charge >= 0.3 is 11.9 Å². The van der Waals surface area contributed by atoms with Gasteiger partial charge < -0.3 is 14.6 Å². The van der Waals surface area contributed by atoms with Gasteiger partial charge in [0.05, 0.1) is 6.61 Å². The lowest BCUT2D eigenvalue weighted by Gasteiger charge is -2.15. The lowest BCUT2D eigenvalue weighted by Crippen LogP contribution is -2.28. The van der Waals surface area contributed by atoms with Gasteiger partial charge in [0.1, 0.15) is 6.61 Å². The van der Waals surface area contributed by atoms with Crippen molar-refractivity contribution in [3.8, 4) is 0 Å². The van der Waals surface area contributed by atoms with Crippen LogP contribution in [-0.4, -0.2) is 36.4 Å². The number of unbranched alkanes of at least 4 members (excludes halogenated alkanes) is 22. The van der Waals surface area contributed by atoms with Crippen molar-refractivity contribution < 1.29 is 24.2 Å². The van der Waals surface area contributed by atoms with Crippen LogP contribution in [0.5, 0.6) is 0 Å². The Morgan fingerprint density at radius 3 is 1.26 bits per heavy atom. The largest absolute Gasteiger partial charge is 0.462 e. The minimum Gasteiger partial charge on any atom is -0.462 e. The Hall–Kier alpha value is -2.14. The smallest absolute Gasteiger partial charge is 0.306 e. The molecule has 0 saturated heterocycles. The molecule has 5 heteroatoms. The number of aliphatic hydroxyl groups excluding tert-OH is 1.